The first-order valence-corrected chi connectivity index (χ1v) is 7.11. The Morgan fingerprint density at radius 3 is 2.45 bits per heavy atom. The fourth-order valence-electron chi connectivity index (χ4n) is 2.03. The van der Waals surface area contributed by atoms with E-state index >= 15 is 0 Å². The molecule has 6 nitrogen and oxygen atoms in total. The maximum atomic E-state index is 12.4. The van der Waals surface area contributed by atoms with Crippen LogP contribution in [0.2, 0.25) is 0 Å². The van der Waals surface area contributed by atoms with Crippen LogP contribution in [0.1, 0.15) is 15.9 Å². The maximum absolute atomic E-state index is 12.4. The molecule has 1 N–H and O–H groups in total. The van der Waals surface area contributed by atoms with Gasteiger partial charge in [0.05, 0.1) is 17.6 Å². The zero-order valence-corrected chi connectivity index (χ0v) is 13.5. The summed E-state index contributed by atoms with van der Waals surface area (Å²) >= 11 is 3.35. The number of halogens is 1. The molecule has 0 fully saturated rings. The number of hydrogen-bond donors (Lipinski definition) is 1. The topological polar surface area (TPSA) is 81.5 Å². The van der Waals surface area contributed by atoms with Crippen LogP contribution in [0.15, 0.2) is 40.9 Å². The molecular weight excluding hydrogens is 352 g/mol. The molecular formula is C15H13BrN2O4. The summed E-state index contributed by atoms with van der Waals surface area (Å²) in [6.45, 7) is 1.84. The van der Waals surface area contributed by atoms with E-state index < -0.39 is 4.92 Å². The van der Waals surface area contributed by atoms with Crippen molar-refractivity contribution in [2.24, 2.45) is 0 Å². The average molecular weight is 365 g/mol. The van der Waals surface area contributed by atoms with Crippen LogP contribution < -0.4 is 10.1 Å². The molecule has 0 spiro atoms. The number of carbonyl (C=O) groups excluding carboxylic acids is 1. The van der Waals surface area contributed by atoms with Crippen LogP contribution >= 0.6 is 15.9 Å². The van der Waals surface area contributed by atoms with Crippen LogP contribution in [-0.4, -0.2) is 17.9 Å². The van der Waals surface area contributed by atoms with E-state index in [-0.39, 0.29) is 11.6 Å². The molecule has 114 valence electrons. The number of rotatable bonds is 4. The highest BCUT2D eigenvalue weighted by Gasteiger charge is 2.16. The Morgan fingerprint density at radius 2 is 1.91 bits per heavy atom. The molecule has 7 heteroatoms. The standard InChI is InChI=1S/C15H13BrN2O4/c1-9-7-10(16)8-13(14(9)22-2)15(19)17-11-3-5-12(6-4-11)18(20)21/h3-8H,1-2H3,(H,17,19). The van der Waals surface area contributed by atoms with E-state index in [9.17, 15) is 14.9 Å². The molecule has 1 amide bonds. The van der Waals surface area contributed by atoms with Crippen LogP contribution in [0.25, 0.3) is 0 Å². The highest BCUT2D eigenvalue weighted by molar-refractivity contribution is 9.10. The SMILES string of the molecule is COc1c(C)cc(Br)cc1C(=O)Nc1ccc([N+](=O)[O-])cc1. The second-order valence-electron chi connectivity index (χ2n) is 4.56. The van der Waals surface area contributed by atoms with Crippen molar-refractivity contribution in [2.45, 2.75) is 6.92 Å². The van der Waals surface area contributed by atoms with Crippen molar-refractivity contribution in [3.8, 4) is 5.75 Å². The smallest absolute Gasteiger partial charge is 0.269 e. The molecule has 0 saturated heterocycles. The van der Waals surface area contributed by atoms with Crippen LogP contribution in [0, 0.1) is 17.0 Å². The fraction of sp³-hybridized carbons (Fsp3) is 0.133. The minimum absolute atomic E-state index is 0.0334. The van der Waals surface area contributed by atoms with Crippen molar-refractivity contribution < 1.29 is 14.5 Å². The Kier molecular flexibility index (Phi) is 4.77. The molecule has 0 saturated carbocycles. The highest BCUT2D eigenvalue weighted by atomic mass is 79.9. The lowest BCUT2D eigenvalue weighted by Gasteiger charge is -2.12. The Morgan fingerprint density at radius 1 is 1.27 bits per heavy atom. The number of benzene rings is 2. The molecule has 0 aliphatic rings. The number of amides is 1. The monoisotopic (exact) mass is 364 g/mol. The molecule has 0 heterocycles. The van der Waals surface area contributed by atoms with Gasteiger partial charge in [0.25, 0.3) is 11.6 Å². The highest BCUT2D eigenvalue weighted by Crippen LogP contribution is 2.28. The van der Waals surface area contributed by atoms with E-state index in [2.05, 4.69) is 21.2 Å². The first-order chi connectivity index (χ1) is 10.4. The van der Waals surface area contributed by atoms with E-state index in [0.29, 0.717) is 17.0 Å². The number of nitrogens with one attached hydrogen (secondary N) is 1. The molecule has 0 atom stereocenters. The summed E-state index contributed by atoms with van der Waals surface area (Å²) in [4.78, 5) is 22.5. The maximum Gasteiger partial charge on any atom is 0.269 e. The van der Waals surface area contributed by atoms with E-state index in [4.69, 9.17) is 4.74 Å². The summed E-state index contributed by atoms with van der Waals surface area (Å²) < 4.78 is 6.03. The number of nitro benzene ring substituents is 1. The summed E-state index contributed by atoms with van der Waals surface area (Å²) in [6, 6.07) is 9.13. The number of aryl methyl sites for hydroxylation is 1. The van der Waals surface area contributed by atoms with Crippen LogP contribution in [-0.2, 0) is 0 Å². The number of methoxy groups -OCH3 is 1. The summed E-state index contributed by atoms with van der Waals surface area (Å²) in [6.07, 6.45) is 0. The third-order valence-corrected chi connectivity index (χ3v) is 3.48. The largest absolute Gasteiger partial charge is 0.496 e. The molecule has 0 radical (unpaired) electrons. The van der Waals surface area contributed by atoms with Crippen LogP contribution in [0.5, 0.6) is 5.75 Å². The Balaban J connectivity index is 2.27. The van der Waals surface area contributed by atoms with Crippen molar-refractivity contribution >= 4 is 33.2 Å². The van der Waals surface area contributed by atoms with Gasteiger partial charge in [-0.25, -0.2) is 0 Å². The van der Waals surface area contributed by atoms with E-state index in [1.165, 1.54) is 31.4 Å². The van der Waals surface area contributed by atoms with Gasteiger partial charge in [0, 0.05) is 22.3 Å². The lowest BCUT2D eigenvalue weighted by atomic mass is 10.1. The Hall–Kier alpha value is -2.41. The van der Waals surface area contributed by atoms with Crippen molar-refractivity contribution in [3.05, 3.63) is 62.1 Å². The zero-order chi connectivity index (χ0) is 16.3. The van der Waals surface area contributed by atoms with Crippen LogP contribution in [0.4, 0.5) is 11.4 Å². The van der Waals surface area contributed by atoms with E-state index in [1.54, 1.807) is 6.07 Å². The van der Waals surface area contributed by atoms with E-state index in [0.717, 1.165) is 10.0 Å². The average Bonchev–Trinajstić information content (AvgIpc) is 2.47. The van der Waals surface area contributed by atoms with Gasteiger partial charge >= 0.3 is 0 Å². The third-order valence-electron chi connectivity index (χ3n) is 3.02. The Bertz CT molecular complexity index is 729. The molecule has 22 heavy (non-hydrogen) atoms. The van der Waals surface area contributed by atoms with Crippen molar-refractivity contribution in [2.75, 3.05) is 12.4 Å². The molecule has 2 rings (SSSR count). The van der Waals surface area contributed by atoms with Crippen molar-refractivity contribution in [1.29, 1.82) is 0 Å². The number of carbonyl (C=O) groups is 1. The summed E-state index contributed by atoms with van der Waals surface area (Å²) in [7, 11) is 1.50. The minimum atomic E-state index is -0.494. The van der Waals surface area contributed by atoms with Gasteiger partial charge in [-0.15, -0.1) is 0 Å². The summed E-state index contributed by atoms with van der Waals surface area (Å²) in [5, 5.41) is 13.3. The number of anilines is 1. The first kappa shape index (κ1) is 16.0. The van der Waals surface area contributed by atoms with Crippen molar-refractivity contribution in [1.82, 2.24) is 0 Å². The van der Waals surface area contributed by atoms with Gasteiger partial charge in [0.2, 0.25) is 0 Å². The summed E-state index contributed by atoms with van der Waals surface area (Å²) in [5.41, 5.74) is 1.64. The molecule has 0 aliphatic carbocycles. The van der Waals surface area contributed by atoms with Gasteiger partial charge in [-0.05, 0) is 36.8 Å². The van der Waals surface area contributed by atoms with Gasteiger partial charge in [-0.3, -0.25) is 14.9 Å². The number of ether oxygens (including phenoxy) is 1. The minimum Gasteiger partial charge on any atom is -0.496 e. The van der Waals surface area contributed by atoms with Gasteiger partial charge in [-0.2, -0.15) is 0 Å². The number of nitro groups is 1. The van der Waals surface area contributed by atoms with Crippen molar-refractivity contribution in [3.63, 3.8) is 0 Å². The number of non-ortho nitro benzene ring substituents is 1. The van der Waals surface area contributed by atoms with Gasteiger partial charge in [0.15, 0.2) is 0 Å². The lowest BCUT2D eigenvalue weighted by Crippen LogP contribution is -2.13. The van der Waals surface area contributed by atoms with Crippen LogP contribution in [0.3, 0.4) is 0 Å². The third kappa shape index (κ3) is 3.43. The Labute approximate surface area is 135 Å². The summed E-state index contributed by atoms with van der Waals surface area (Å²) in [5.74, 6) is 0.137. The predicted octanol–water partition coefficient (Wildman–Crippen LogP) is 3.93. The molecule has 0 aliphatic heterocycles. The first-order valence-electron chi connectivity index (χ1n) is 6.32. The molecule has 2 aromatic carbocycles. The predicted molar refractivity (Wildman–Crippen MR) is 86.5 cm³/mol. The quantitative estimate of drug-likeness (QED) is 0.658. The molecule has 0 aromatic heterocycles. The van der Waals surface area contributed by atoms with Gasteiger partial charge in [-0.1, -0.05) is 15.9 Å². The zero-order valence-electron chi connectivity index (χ0n) is 11.9. The number of nitrogens with zero attached hydrogens (tertiary/aromatic N) is 1. The number of hydrogen-bond acceptors (Lipinski definition) is 4. The van der Waals surface area contributed by atoms with Gasteiger partial charge < -0.3 is 10.1 Å². The molecule has 0 unspecified atom stereocenters. The van der Waals surface area contributed by atoms with Gasteiger partial charge in [0.1, 0.15) is 5.75 Å². The second-order valence-corrected chi connectivity index (χ2v) is 5.48. The normalized spacial score (nSPS) is 10.1. The fourth-order valence-corrected chi connectivity index (χ4v) is 2.61. The second kappa shape index (κ2) is 6.57. The van der Waals surface area contributed by atoms with E-state index in [1.807, 2.05) is 13.0 Å². The lowest BCUT2D eigenvalue weighted by molar-refractivity contribution is -0.384. The molecule has 2 aromatic rings. The molecule has 0 bridgehead atoms.